The van der Waals surface area contributed by atoms with Crippen LogP contribution in [0.3, 0.4) is 0 Å². The monoisotopic (exact) mass is 1980 g/mol. The van der Waals surface area contributed by atoms with Crippen molar-refractivity contribution in [3.05, 3.63) is 143 Å². The van der Waals surface area contributed by atoms with Gasteiger partial charge in [-0.05, 0) is 152 Å². The van der Waals surface area contributed by atoms with E-state index in [9.17, 15) is 0 Å². The standard InChI is InChI=1S/C108H144N4O30/c1-11-15-17-75(13-3)73-111-105(115)85-29-27-83-96-88(78-21-25-82(26-22-78)110-104(114)80-69-93(139-63-57-133-51-45-127-39-33-121-7)102(142-66-60-136-54-48-130-42-36-124-10)94(70-80)140-64-58-134-52-46-128-40-34-122-8)72-90-98-86(106(116)112(108(90)118)74-76(14-4)18-16-12-2)30-28-84(100(96)98)95-87(71-89(107(111)117)97(85)99(83)95)77-19-23-81(24-20-77)109-103(113)79-67-91(137-61-55-131-49-43-125-37-31-119-5)101(141-65-59-135-53-47-129-41-35-123-9)92(68-79)138-62-56-132-50-44-126-38-32-120-6/h19-30,67-72,75-76H,11-18,31-66,73-74H2,1-10H3,(H,109,113)(H,110,114). The molecule has 2 N–H and O–H groups in total. The molecule has 0 radical (unpaired) electrons. The number of ether oxygens (including phenoxy) is 24. The van der Waals surface area contributed by atoms with E-state index in [1.807, 2.05) is 48.5 Å². The molecule has 776 valence electrons. The number of carbonyl (C=O) groups excluding carboxylic acids is 6. The Balaban J connectivity index is 1.00. The molecule has 34 heteroatoms. The van der Waals surface area contributed by atoms with Crippen molar-refractivity contribution in [2.75, 3.05) is 304 Å². The van der Waals surface area contributed by atoms with Gasteiger partial charge in [0.1, 0.15) is 39.6 Å². The van der Waals surface area contributed by atoms with E-state index in [-0.39, 0.29) is 176 Å². The molecule has 0 aromatic heterocycles. The van der Waals surface area contributed by atoms with E-state index in [1.165, 1.54) is 9.80 Å². The van der Waals surface area contributed by atoms with E-state index in [2.05, 4.69) is 38.3 Å². The number of anilines is 2. The zero-order chi connectivity index (χ0) is 100. The minimum atomic E-state index is -0.532. The summed E-state index contributed by atoms with van der Waals surface area (Å²) in [7, 11) is 9.62. The number of hydrogen-bond donors (Lipinski definition) is 2. The SMILES string of the molecule is CCCCC(CC)CN1C(=O)c2ccc3c4c(-c5ccc(NC(=O)c6cc(OCCOCCOCCOC)c(OCCOCCOCCOC)c(OCCOCCOCCOC)c6)cc5)cc5c6c(ccc(c7c(-c8ccc(NC(=O)c9cc(OCCOCCOCCOC)c(OCCOCCOCCOC)c(OCCOCCOCCOC)c9)cc8)cc(c2c37)C1=O)c64)C(=O)N(CC(CC)CCCC)C5=O. The van der Waals surface area contributed by atoms with Gasteiger partial charge in [0.25, 0.3) is 35.4 Å². The molecule has 2 aliphatic heterocycles. The summed E-state index contributed by atoms with van der Waals surface area (Å²) in [6, 6.07) is 32.1. The minimum Gasteiger partial charge on any atom is -0.487 e. The fraction of sp³-hybridized carbons (Fsp3) is 0.537. The Bertz CT molecular complexity index is 4960. The Morgan fingerprint density at radius 2 is 0.514 bits per heavy atom. The van der Waals surface area contributed by atoms with Gasteiger partial charge in [-0.25, -0.2) is 0 Å². The third-order valence-electron chi connectivity index (χ3n) is 24.2. The maximum Gasteiger partial charge on any atom is 0.261 e. The highest BCUT2D eigenvalue weighted by molar-refractivity contribution is 6.44. The lowest BCUT2D eigenvalue weighted by atomic mass is 9.77. The first kappa shape index (κ1) is 112. The molecule has 2 heterocycles. The van der Waals surface area contributed by atoms with Crippen LogP contribution < -0.4 is 39.1 Å². The van der Waals surface area contributed by atoms with Gasteiger partial charge in [-0.15, -0.1) is 0 Å². The van der Waals surface area contributed by atoms with E-state index in [0.717, 1.165) is 51.4 Å². The summed E-state index contributed by atoms with van der Waals surface area (Å²) in [5, 5.41) is 10.9. The zero-order valence-electron chi connectivity index (χ0n) is 84.2. The lowest BCUT2D eigenvalue weighted by Gasteiger charge is -2.33. The maximum atomic E-state index is 15.9. The van der Waals surface area contributed by atoms with Gasteiger partial charge in [0.15, 0.2) is 23.0 Å². The summed E-state index contributed by atoms with van der Waals surface area (Å²) in [5.74, 6) is -1.58. The molecule has 2 aliphatic rings. The fourth-order valence-corrected chi connectivity index (χ4v) is 16.7. The molecular weight excluding hydrogens is 1830 g/mol. The molecule has 9 aromatic rings. The summed E-state index contributed by atoms with van der Waals surface area (Å²) in [5.41, 5.74) is 4.86. The molecule has 34 nitrogen and oxygen atoms in total. The Morgan fingerprint density at radius 1 is 0.268 bits per heavy atom. The summed E-state index contributed by atoms with van der Waals surface area (Å²) in [4.78, 5) is 96.1. The normalized spacial score (nSPS) is 13.0. The first-order valence-electron chi connectivity index (χ1n) is 49.5. The summed E-state index contributed by atoms with van der Waals surface area (Å²) >= 11 is 0. The quantitative estimate of drug-likeness (QED) is 0.0155. The Morgan fingerprint density at radius 3 is 0.768 bits per heavy atom. The molecule has 2 atom stereocenters. The smallest absolute Gasteiger partial charge is 0.261 e. The number of imide groups is 2. The van der Waals surface area contributed by atoms with Gasteiger partial charge in [0.05, 0.1) is 198 Å². The average molecular weight is 1980 g/mol. The van der Waals surface area contributed by atoms with Crippen LogP contribution in [-0.4, -0.2) is 339 Å². The maximum absolute atomic E-state index is 15.9. The topological polar surface area (TPSA) is 354 Å². The second-order valence-corrected chi connectivity index (χ2v) is 33.9. The van der Waals surface area contributed by atoms with E-state index in [0.29, 0.717) is 231 Å². The van der Waals surface area contributed by atoms with Crippen LogP contribution in [0.4, 0.5) is 11.4 Å². The van der Waals surface area contributed by atoms with Crippen LogP contribution in [0.25, 0.3) is 65.3 Å². The minimum absolute atomic E-state index is 0.0236. The molecule has 0 fully saturated rings. The van der Waals surface area contributed by atoms with Crippen LogP contribution in [0.1, 0.15) is 141 Å². The number of amides is 6. The Kier molecular flexibility index (Phi) is 49.1. The first-order valence-corrected chi connectivity index (χ1v) is 49.5. The molecule has 0 spiro atoms. The van der Waals surface area contributed by atoms with Gasteiger partial charge in [0, 0.05) is 111 Å². The van der Waals surface area contributed by atoms with Gasteiger partial charge >= 0.3 is 0 Å². The zero-order valence-corrected chi connectivity index (χ0v) is 84.2. The fourth-order valence-electron chi connectivity index (χ4n) is 16.7. The van der Waals surface area contributed by atoms with Crippen molar-refractivity contribution in [2.24, 2.45) is 11.8 Å². The highest BCUT2D eigenvalue weighted by atomic mass is 16.6. The van der Waals surface area contributed by atoms with Crippen LogP contribution in [-0.2, 0) is 85.3 Å². The van der Waals surface area contributed by atoms with Gasteiger partial charge in [0.2, 0.25) is 11.5 Å². The summed E-state index contributed by atoms with van der Waals surface area (Å²) in [6.07, 6.45) is 6.82. The van der Waals surface area contributed by atoms with Crippen molar-refractivity contribution < 1.29 is 142 Å². The number of fused-ring (bicyclic) bond motifs is 2. The van der Waals surface area contributed by atoms with Crippen LogP contribution in [0.5, 0.6) is 34.5 Å². The first-order chi connectivity index (χ1) is 69.7. The molecular formula is C108H144N4O30. The predicted molar refractivity (Wildman–Crippen MR) is 539 cm³/mol. The predicted octanol–water partition coefficient (Wildman–Crippen LogP) is 15.6. The molecule has 6 amide bonds. The van der Waals surface area contributed by atoms with Gasteiger partial charge < -0.3 is 124 Å². The van der Waals surface area contributed by atoms with Crippen molar-refractivity contribution in [1.82, 2.24) is 9.80 Å². The molecule has 0 saturated carbocycles. The van der Waals surface area contributed by atoms with Crippen molar-refractivity contribution in [1.29, 1.82) is 0 Å². The Hall–Kier alpha value is -10.4. The van der Waals surface area contributed by atoms with Crippen molar-refractivity contribution in [3.63, 3.8) is 0 Å². The molecule has 0 aliphatic carbocycles. The van der Waals surface area contributed by atoms with E-state index in [4.69, 9.17) is 114 Å². The van der Waals surface area contributed by atoms with Crippen molar-refractivity contribution in [3.8, 4) is 56.8 Å². The second-order valence-electron chi connectivity index (χ2n) is 33.9. The van der Waals surface area contributed by atoms with Gasteiger partial charge in [-0.3, -0.25) is 38.6 Å². The molecule has 9 aromatic carbocycles. The number of hydrogen-bond acceptors (Lipinski definition) is 30. The Labute approximate surface area is 832 Å². The van der Waals surface area contributed by atoms with E-state index in [1.54, 1.807) is 103 Å². The number of nitrogens with zero attached hydrogens (tertiary/aromatic N) is 2. The highest BCUT2D eigenvalue weighted by Gasteiger charge is 2.41. The molecule has 2 unspecified atom stereocenters. The van der Waals surface area contributed by atoms with Gasteiger partial charge in [-0.1, -0.05) is 103 Å². The van der Waals surface area contributed by atoms with Gasteiger partial charge in [-0.2, -0.15) is 0 Å². The lowest BCUT2D eigenvalue weighted by Crippen LogP contribution is -2.43. The van der Waals surface area contributed by atoms with Crippen molar-refractivity contribution >= 4 is 89.9 Å². The number of unbranched alkanes of at least 4 members (excludes halogenated alkanes) is 2. The van der Waals surface area contributed by atoms with Crippen LogP contribution in [0, 0.1) is 11.8 Å². The number of nitrogens with one attached hydrogen (secondary N) is 2. The molecule has 142 heavy (non-hydrogen) atoms. The van der Waals surface area contributed by atoms with E-state index < -0.39 is 35.4 Å². The highest BCUT2D eigenvalue weighted by Crippen LogP contribution is 2.53. The summed E-state index contributed by atoms with van der Waals surface area (Å²) in [6.45, 7) is 19.1. The third kappa shape index (κ3) is 32.3. The summed E-state index contributed by atoms with van der Waals surface area (Å²) < 4.78 is 138. The second kappa shape index (κ2) is 62.3. The van der Waals surface area contributed by atoms with Crippen LogP contribution in [0.2, 0.25) is 0 Å². The molecule has 11 rings (SSSR count). The number of rotatable bonds is 78. The average Bonchev–Trinajstić information content (AvgIpc) is 0.675. The third-order valence-corrected chi connectivity index (χ3v) is 24.2. The van der Waals surface area contributed by atoms with Crippen molar-refractivity contribution in [2.45, 2.75) is 79.1 Å². The molecule has 0 saturated heterocycles. The number of carbonyl (C=O) groups is 6. The van der Waals surface area contributed by atoms with E-state index >= 15 is 28.8 Å². The lowest BCUT2D eigenvalue weighted by molar-refractivity contribution is 0.0146. The van der Waals surface area contributed by atoms with Crippen LogP contribution >= 0.6 is 0 Å². The van der Waals surface area contributed by atoms with Crippen LogP contribution in [0.15, 0.2) is 109 Å². The molecule has 0 bridgehead atoms. The largest absolute Gasteiger partial charge is 0.487 e. The number of benzene rings is 9. The number of methoxy groups -OCH3 is 6.